The molecule has 0 N–H and O–H groups in total. The maximum Gasteiger partial charge on any atom is 0.0825 e. The monoisotopic (exact) mass is 184 g/mol. The van der Waals surface area contributed by atoms with Gasteiger partial charge < -0.3 is 0 Å². The van der Waals surface area contributed by atoms with Gasteiger partial charge in [-0.1, -0.05) is 41.4 Å². The Kier molecular flexibility index (Phi) is 10.3. The second-order valence-corrected chi connectivity index (χ2v) is 2.04. The Morgan fingerprint density at radius 2 is 1.00 bits per heavy atom. The Balaban J connectivity index is 0.000000223. The van der Waals surface area contributed by atoms with Gasteiger partial charge in [0, 0.05) is 0 Å². The first-order valence-corrected chi connectivity index (χ1v) is 4.32. The molecular formula is C10H16O3. The molecule has 13 heavy (non-hydrogen) atoms. The van der Waals surface area contributed by atoms with Crippen LogP contribution in [0.4, 0.5) is 0 Å². The molecule has 3 nitrogen and oxygen atoms in total. The predicted octanol–water partition coefficient (Wildman–Crippen LogP) is 2.59. The van der Waals surface area contributed by atoms with Crippen LogP contribution in [-0.2, 0) is 14.8 Å². The van der Waals surface area contributed by atoms with Gasteiger partial charge in [0.1, 0.15) is 0 Å². The zero-order chi connectivity index (χ0) is 9.78. The summed E-state index contributed by atoms with van der Waals surface area (Å²) in [4.78, 5) is 8.70. The molecule has 3 heteroatoms. The molecule has 0 spiro atoms. The van der Waals surface area contributed by atoms with Gasteiger partial charge in [-0.05, 0) is 13.8 Å². The summed E-state index contributed by atoms with van der Waals surface area (Å²) >= 11 is 0. The van der Waals surface area contributed by atoms with Gasteiger partial charge in [0.2, 0.25) is 0 Å². The number of benzene rings is 1. The van der Waals surface area contributed by atoms with Gasteiger partial charge in [-0.25, -0.2) is 9.78 Å². The van der Waals surface area contributed by atoms with E-state index in [2.05, 4.69) is 14.8 Å². The van der Waals surface area contributed by atoms with Crippen LogP contribution in [0.15, 0.2) is 36.4 Å². The molecule has 0 heterocycles. The van der Waals surface area contributed by atoms with Crippen molar-refractivity contribution < 1.29 is 14.8 Å². The van der Waals surface area contributed by atoms with E-state index in [1.54, 1.807) is 0 Å². The lowest BCUT2D eigenvalue weighted by Gasteiger charge is -1.94. The highest BCUT2D eigenvalue weighted by molar-refractivity contribution is 4.99. The lowest BCUT2D eigenvalue weighted by Crippen LogP contribution is -1.94. The third kappa shape index (κ3) is 11.1. The standard InChI is InChI=1S/C6H6.C4H10O3/c1-2-4-6-5-3-1;1-3-5-7-6-4-2/h1-6H;3-4H2,1-2H3. The largest absolute Gasteiger partial charge is 0.206 e. The third-order valence-corrected chi connectivity index (χ3v) is 0.999. The van der Waals surface area contributed by atoms with E-state index in [4.69, 9.17) is 0 Å². The normalized spacial score (nSPS) is 8.77. The minimum atomic E-state index is 0.514. The predicted molar refractivity (Wildman–Crippen MR) is 50.8 cm³/mol. The van der Waals surface area contributed by atoms with E-state index in [0.29, 0.717) is 13.2 Å². The Labute approximate surface area is 79.1 Å². The highest BCUT2D eigenvalue weighted by Gasteiger charge is 1.77. The van der Waals surface area contributed by atoms with Crippen LogP contribution < -0.4 is 0 Å². The zero-order valence-corrected chi connectivity index (χ0v) is 8.10. The molecule has 0 aliphatic carbocycles. The van der Waals surface area contributed by atoms with E-state index in [1.807, 2.05) is 50.2 Å². The quantitative estimate of drug-likeness (QED) is 0.409. The van der Waals surface area contributed by atoms with Crippen molar-refractivity contribution >= 4 is 0 Å². The second-order valence-electron chi connectivity index (χ2n) is 2.04. The highest BCUT2D eigenvalue weighted by Crippen LogP contribution is 1.80. The van der Waals surface area contributed by atoms with Crippen LogP contribution in [0, 0.1) is 0 Å². The van der Waals surface area contributed by atoms with E-state index in [9.17, 15) is 0 Å². The van der Waals surface area contributed by atoms with Gasteiger partial charge in [0.15, 0.2) is 0 Å². The van der Waals surface area contributed by atoms with Crippen LogP contribution in [0.3, 0.4) is 0 Å². The SMILES string of the molecule is CCOOOCC.c1ccccc1. The van der Waals surface area contributed by atoms with Gasteiger partial charge in [-0.2, -0.15) is 0 Å². The Bertz CT molecular complexity index is 134. The van der Waals surface area contributed by atoms with Crippen LogP contribution in [0.5, 0.6) is 0 Å². The van der Waals surface area contributed by atoms with Crippen molar-refractivity contribution in [2.24, 2.45) is 0 Å². The molecule has 1 aromatic carbocycles. The van der Waals surface area contributed by atoms with Crippen LogP contribution in [0.1, 0.15) is 13.8 Å². The highest BCUT2D eigenvalue weighted by atomic mass is 17.5. The maximum atomic E-state index is 4.35. The average molecular weight is 184 g/mol. The van der Waals surface area contributed by atoms with Crippen LogP contribution >= 0.6 is 0 Å². The van der Waals surface area contributed by atoms with E-state index < -0.39 is 0 Å². The molecule has 74 valence electrons. The molecule has 1 rings (SSSR count). The van der Waals surface area contributed by atoms with Crippen molar-refractivity contribution in [3.63, 3.8) is 0 Å². The van der Waals surface area contributed by atoms with Crippen molar-refractivity contribution in [2.75, 3.05) is 13.2 Å². The Morgan fingerprint density at radius 3 is 1.23 bits per heavy atom. The van der Waals surface area contributed by atoms with Gasteiger partial charge >= 0.3 is 0 Å². The summed E-state index contributed by atoms with van der Waals surface area (Å²) in [5.41, 5.74) is 0. The van der Waals surface area contributed by atoms with Gasteiger partial charge in [0.25, 0.3) is 0 Å². The molecule has 0 saturated heterocycles. The molecule has 0 aliphatic heterocycles. The minimum absolute atomic E-state index is 0.514. The zero-order valence-electron chi connectivity index (χ0n) is 8.10. The number of hydrogen-bond donors (Lipinski definition) is 0. The topological polar surface area (TPSA) is 27.7 Å². The van der Waals surface area contributed by atoms with Crippen molar-refractivity contribution in [1.82, 2.24) is 0 Å². The van der Waals surface area contributed by atoms with Crippen molar-refractivity contribution in [3.05, 3.63) is 36.4 Å². The molecule has 0 aromatic heterocycles. The molecule has 1 aromatic rings. The molecule has 0 amide bonds. The van der Waals surface area contributed by atoms with Crippen LogP contribution in [0.25, 0.3) is 0 Å². The van der Waals surface area contributed by atoms with Crippen molar-refractivity contribution in [1.29, 1.82) is 0 Å². The first-order chi connectivity index (χ1) is 6.41. The summed E-state index contributed by atoms with van der Waals surface area (Å²) in [7, 11) is 0. The Hall–Kier alpha value is -0.900. The fraction of sp³-hybridized carbons (Fsp3) is 0.400. The maximum absolute atomic E-state index is 4.35. The van der Waals surface area contributed by atoms with Crippen molar-refractivity contribution in [3.8, 4) is 0 Å². The third-order valence-electron chi connectivity index (χ3n) is 0.999. The second kappa shape index (κ2) is 11.1. The van der Waals surface area contributed by atoms with Gasteiger partial charge in [0.05, 0.1) is 13.2 Å². The molecule has 0 atom stereocenters. The first kappa shape index (κ1) is 12.1. The lowest BCUT2D eigenvalue weighted by atomic mass is 10.4. The van der Waals surface area contributed by atoms with Gasteiger partial charge in [-0.15, -0.1) is 0 Å². The summed E-state index contributed by atoms with van der Waals surface area (Å²) in [5.74, 6) is 0. The average Bonchev–Trinajstić information content (AvgIpc) is 2.22. The van der Waals surface area contributed by atoms with Crippen LogP contribution in [0.2, 0.25) is 0 Å². The molecule has 0 fully saturated rings. The molecule has 0 bridgehead atoms. The van der Waals surface area contributed by atoms with E-state index in [-0.39, 0.29) is 0 Å². The lowest BCUT2D eigenvalue weighted by molar-refractivity contribution is -0.509. The van der Waals surface area contributed by atoms with Crippen molar-refractivity contribution in [2.45, 2.75) is 13.8 Å². The summed E-state index contributed by atoms with van der Waals surface area (Å²) < 4.78 is 0. The number of hydrogen-bond acceptors (Lipinski definition) is 3. The Morgan fingerprint density at radius 1 is 0.692 bits per heavy atom. The summed E-state index contributed by atoms with van der Waals surface area (Å²) in [6, 6.07) is 12.0. The molecule has 0 aliphatic rings. The molecule has 0 unspecified atom stereocenters. The van der Waals surface area contributed by atoms with E-state index in [0.717, 1.165) is 0 Å². The summed E-state index contributed by atoms with van der Waals surface area (Å²) in [6.45, 7) is 4.66. The first-order valence-electron chi connectivity index (χ1n) is 4.32. The fourth-order valence-electron chi connectivity index (χ4n) is 0.515. The van der Waals surface area contributed by atoms with E-state index in [1.165, 1.54) is 0 Å². The molecule has 0 saturated carbocycles. The molecule has 0 radical (unpaired) electrons. The minimum Gasteiger partial charge on any atom is -0.206 e. The summed E-state index contributed by atoms with van der Waals surface area (Å²) in [6.07, 6.45) is 0. The van der Waals surface area contributed by atoms with Crippen LogP contribution in [-0.4, -0.2) is 13.2 Å². The smallest absolute Gasteiger partial charge is 0.0825 e. The molecular weight excluding hydrogens is 168 g/mol. The summed E-state index contributed by atoms with van der Waals surface area (Å²) in [5, 5.41) is 4.13. The number of rotatable bonds is 4. The fourth-order valence-corrected chi connectivity index (χ4v) is 0.515. The van der Waals surface area contributed by atoms with Gasteiger partial charge in [-0.3, -0.25) is 0 Å². The van der Waals surface area contributed by atoms with E-state index >= 15 is 0 Å².